The van der Waals surface area contributed by atoms with E-state index in [-0.39, 0.29) is 0 Å². The van der Waals surface area contributed by atoms with Gasteiger partial charge in [0, 0.05) is 11.4 Å². The van der Waals surface area contributed by atoms with Crippen LogP contribution in [-0.4, -0.2) is 13.2 Å². The number of nitrogens with two attached hydrogens (primary N) is 2. The summed E-state index contributed by atoms with van der Waals surface area (Å²) in [7, 11) is 0. The first kappa shape index (κ1) is 16.5. The predicted molar refractivity (Wildman–Crippen MR) is 99.3 cm³/mol. The lowest BCUT2D eigenvalue weighted by Crippen LogP contribution is -2.09. The van der Waals surface area contributed by atoms with Crippen LogP contribution < -0.4 is 20.9 Å². The summed E-state index contributed by atoms with van der Waals surface area (Å²) in [6, 6.07) is 11.5. The van der Waals surface area contributed by atoms with E-state index in [1.54, 1.807) is 0 Å². The van der Waals surface area contributed by atoms with Crippen LogP contribution in [0.1, 0.15) is 32.6 Å². The van der Waals surface area contributed by atoms with Gasteiger partial charge in [-0.05, 0) is 43.0 Å². The van der Waals surface area contributed by atoms with Gasteiger partial charge in [0.15, 0.2) is 0 Å². The van der Waals surface area contributed by atoms with Crippen LogP contribution in [-0.2, 0) is 0 Å². The van der Waals surface area contributed by atoms with Gasteiger partial charge < -0.3 is 20.9 Å². The van der Waals surface area contributed by atoms with Gasteiger partial charge in [0.05, 0.1) is 24.3 Å². The molecule has 4 nitrogen and oxygen atoms in total. The molecule has 4 N–H and O–H groups in total. The van der Waals surface area contributed by atoms with Crippen molar-refractivity contribution in [3.05, 3.63) is 36.4 Å². The second kappa shape index (κ2) is 7.47. The summed E-state index contributed by atoms with van der Waals surface area (Å²) in [6.07, 6.45) is 4.56. The van der Waals surface area contributed by atoms with Crippen LogP contribution in [0.5, 0.6) is 11.5 Å². The highest BCUT2D eigenvalue weighted by Crippen LogP contribution is 2.44. The molecule has 2 aromatic rings. The van der Waals surface area contributed by atoms with E-state index in [0.717, 1.165) is 41.9 Å². The van der Waals surface area contributed by atoms with Gasteiger partial charge in [-0.2, -0.15) is 0 Å². The van der Waals surface area contributed by atoms with E-state index in [1.807, 2.05) is 36.4 Å². The Balaban J connectivity index is 2.09. The van der Waals surface area contributed by atoms with Crippen LogP contribution in [0.2, 0.25) is 0 Å². The van der Waals surface area contributed by atoms with Crippen LogP contribution in [0.15, 0.2) is 36.4 Å². The molecule has 24 heavy (non-hydrogen) atoms. The van der Waals surface area contributed by atoms with Crippen LogP contribution in [0.3, 0.4) is 0 Å². The zero-order chi connectivity index (χ0) is 16.9. The molecule has 0 aromatic heterocycles. The maximum atomic E-state index is 6.28. The third-order valence-electron chi connectivity index (χ3n) is 4.49. The topological polar surface area (TPSA) is 70.5 Å². The molecule has 1 aliphatic rings. The molecular weight excluding hydrogens is 300 g/mol. The molecule has 4 heteroatoms. The highest BCUT2D eigenvalue weighted by atomic mass is 16.5. The number of rotatable bonds is 0. The van der Waals surface area contributed by atoms with E-state index in [1.165, 1.54) is 6.42 Å². The molecule has 0 fully saturated rings. The molecule has 0 bridgehead atoms. The molecule has 0 amide bonds. The minimum Gasteiger partial charge on any atom is -0.493 e. The third-order valence-corrected chi connectivity index (χ3v) is 4.49. The Morgan fingerprint density at radius 3 is 2.12 bits per heavy atom. The Bertz CT molecular complexity index is 700. The summed E-state index contributed by atoms with van der Waals surface area (Å²) in [5.41, 5.74) is 15.5. The number of hydrogen-bond donors (Lipinski definition) is 2. The van der Waals surface area contributed by atoms with E-state index in [4.69, 9.17) is 20.9 Å². The fraction of sp³-hybridized carbons (Fsp3) is 0.400. The molecule has 0 spiro atoms. The maximum absolute atomic E-state index is 6.28. The summed E-state index contributed by atoms with van der Waals surface area (Å²) in [4.78, 5) is 0. The number of anilines is 2. The van der Waals surface area contributed by atoms with E-state index < -0.39 is 0 Å². The Morgan fingerprint density at radius 1 is 0.833 bits per heavy atom. The molecule has 0 radical (unpaired) electrons. The van der Waals surface area contributed by atoms with Gasteiger partial charge in [0.25, 0.3) is 0 Å². The number of benzene rings is 2. The molecule has 1 atom stereocenters. The molecule has 3 rings (SSSR count). The zero-order valence-electron chi connectivity index (χ0n) is 14.3. The van der Waals surface area contributed by atoms with Gasteiger partial charge >= 0.3 is 0 Å². The lowest BCUT2D eigenvalue weighted by Gasteiger charge is -2.19. The largest absolute Gasteiger partial charge is 0.493 e. The van der Waals surface area contributed by atoms with Gasteiger partial charge in [0.2, 0.25) is 0 Å². The Kier molecular flexibility index (Phi) is 5.14. The predicted octanol–water partition coefficient (Wildman–Crippen LogP) is 4.49. The van der Waals surface area contributed by atoms with Crippen molar-refractivity contribution in [1.29, 1.82) is 0 Å². The monoisotopic (exact) mass is 326 g/mol. The zero-order valence-corrected chi connectivity index (χ0v) is 14.3. The summed E-state index contributed by atoms with van der Waals surface area (Å²) in [6.45, 7) is 3.59. The van der Waals surface area contributed by atoms with Crippen molar-refractivity contribution >= 4 is 11.4 Å². The Hall–Kier alpha value is -2.36. The van der Waals surface area contributed by atoms with Crippen molar-refractivity contribution in [2.45, 2.75) is 32.6 Å². The molecule has 1 aliphatic heterocycles. The smallest absolute Gasteiger partial charge is 0.129 e. The van der Waals surface area contributed by atoms with Gasteiger partial charge in [-0.1, -0.05) is 31.9 Å². The summed E-state index contributed by atoms with van der Waals surface area (Å²) < 4.78 is 12.1. The number of hydrogen-bond acceptors (Lipinski definition) is 4. The molecule has 1 unspecified atom stereocenters. The van der Waals surface area contributed by atoms with Crippen molar-refractivity contribution in [2.24, 2.45) is 5.92 Å². The SMILES string of the molecule is CC1CCCCCOc2cccc(N)c2-c2c(N)cccc2OC1. The van der Waals surface area contributed by atoms with Gasteiger partial charge in [0.1, 0.15) is 11.5 Å². The highest BCUT2D eigenvalue weighted by Gasteiger charge is 2.19. The lowest BCUT2D eigenvalue weighted by atomic mass is 9.99. The minimum absolute atomic E-state index is 0.508. The Morgan fingerprint density at radius 2 is 1.46 bits per heavy atom. The van der Waals surface area contributed by atoms with Crippen molar-refractivity contribution in [3.8, 4) is 22.6 Å². The molecule has 0 saturated carbocycles. The summed E-state index contributed by atoms with van der Waals surface area (Å²) in [5, 5.41) is 0. The molecule has 0 saturated heterocycles. The van der Waals surface area contributed by atoms with Crippen molar-refractivity contribution in [1.82, 2.24) is 0 Å². The lowest BCUT2D eigenvalue weighted by molar-refractivity contribution is 0.248. The quantitative estimate of drug-likeness (QED) is 0.700. The fourth-order valence-electron chi connectivity index (χ4n) is 3.14. The van der Waals surface area contributed by atoms with E-state index in [0.29, 0.717) is 30.5 Å². The van der Waals surface area contributed by atoms with Crippen molar-refractivity contribution < 1.29 is 9.47 Å². The van der Waals surface area contributed by atoms with Crippen molar-refractivity contribution in [3.63, 3.8) is 0 Å². The average molecular weight is 326 g/mol. The van der Waals surface area contributed by atoms with Crippen LogP contribution in [0.25, 0.3) is 11.1 Å². The Labute approximate surface area is 143 Å². The van der Waals surface area contributed by atoms with Gasteiger partial charge in [-0.3, -0.25) is 0 Å². The second-order valence-electron chi connectivity index (χ2n) is 6.55. The first-order chi connectivity index (χ1) is 11.7. The van der Waals surface area contributed by atoms with Crippen LogP contribution >= 0.6 is 0 Å². The highest BCUT2D eigenvalue weighted by molar-refractivity contribution is 5.92. The van der Waals surface area contributed by atoms with E-state index in [2.05, 4.69) is 6.92 Å². The first-order valence-corrected chi connectivity index (χ1v) is 8.69. The summed E-state index contributed by atoms with van der Waals surface area (Å²) in [5.74, 6) is 2.04. The maximum Gasteiger partial charge on any atom is 0.129 e. The van der Waals surface area contributed by atoms with Gasteiger partial charge in [-0.25, -0.2) is 0 Å². The minimum atomic E-state index is 0.508. The molecule has 1 heterocycles. The normalized spacial score (nSPS) is 18.6. The molecule has 0 aliphatic carbocycles. The fourth-order valence-corrected chi connectivity index (χ4v) is 3.14. The first-order valence-electron chi connectivity index (χ1n) is 8.69. The molecular formula is C20H26N2O2. The number of ether oxygens (including phenoxy) is 2. The van der Waals surface area contributed by atoms with E-state index >= 15 is 0 Å². The molecule has 128 valence electrons. The van der Waals surface area contributed by atoms with Crippen molar-refractivity contribution in [2.75, 3.05) is 24.7 Å². The van der Waals surface area contributed by atoms with Crippen LogP contribution in [0, 0.1) is 5.92 Å². The van der Waals surface area contributed by atoms with E-state index in [9.17, 15) is 0 Å². The second-order valence-corrected chi connectivity index (χ2v) is 6.55. The van der Waals surface area contributed by atoms with Gasteiger partial charge in [-0.15, -0.1) is 0 Å². The summed E-state index contributed by atoms with van der Waals surface area (Å²) >= 11 is 0. The molecule has 2 aromatic carbocycles. The standard InChI is InChI=1S/C20H26N2O2/c1-14-7-3-2-4-12-23-17-10-5-8-15(21)19(17)20-16(22)9-6-11-18(20)24-13-14/h5-6,8-11,14H,2-4,7,12-13,21-22H2,1H3. The number of fused-ring (bicyclic) bond motifs is 3. The third kappa shape index (κ3) is 3.58. The average Bonchev–Trinajstić information content (AvgIpc) is 2.58. The number of nitrogen functional groups attached to an aromatic ring is 2. The van der Waals surface area contributed by atoms with Crippen LogP contribution in [0.4, 0.5) is 11.4 Å².